The predicted octanol–water partition coefficient (Wildman–Crippen LogP) is 2.57. The summed E-state index contributed by atoms with van der Waals surface area (Å²) in [5.41, 5.74) is 3.52. The minimum Gasteiger partial charge on any atom is -0.481 e. The van der Waals surface area contributed by atoms with E-state index in [-0.39, 0.29) is 5.56 Å². The van der Waals surface area contributed by atoms with Crippen LogP contribution in [0.15, 0.2) is 42.6 Å². The van der Waals surface area contributed by atoms with E-state index in [1.807, 2.05) is 0 Å². The molecule has 1 saturated carbocycles. The number of carboxylic acid groups (broad SMARTS) is 1. The summed E-state index contributed by atoms with van der Waals surface area (Å²) in [5.74, 6) is -9.38. The zero-order chi connectivity index (χ0) is 18.4. The predicted molar refractivity (Wildman–Crippen MR) is 81.2 cm³/mol. The fourth-order valence-electron chi connectivity index (χ4n) is 3.01. The Kier molecular flexibility index (Phi) is 3.78. The Hall–Kier alpha value is -2.90. The van der Waals surface area contributed by atoms with Gasteiger partial charge in [-0.25, -0.2) is 4.39 Å². The Bertz CT molecular complexity index is 837. The molecule has 1 fully saturated rings. The van der Waals surface area contributed by atoms with Crippen molar-refractivity contribution in [2.24, 2.45) is 11.1 Å². The molecule has 3 rings (SSSR count). The van der Waals surface area contributed by atoms with Gasteiger partial charge in [0.15, 0.2) is 0 Å². The molecule has 2 atom stereocenters. The summed E-state index contributed by atoms with van der Waals surface area (Å²) in [6, 6.07) is 8.53. The number of nitrogens with two attached hydrogens (primary N) is 1. The number of rotatable bonds is 5. The molecule has 3 N–H and O–H groups in total. The first-order valence-corrected chi connectivity index (χ1v) is 7.33. The summed E-state index contributed by atoms with van der Waals surface area (Å²) in [5, 5.41) is 9.23. The van der Waals surface area contributed by atoms with Crippen LogP contribution in [0.2, 0.25) is 0 Å². The highest BCUT2D eigenvalue weighted by atomic mass is 19.3. The average Bonchev–Trinajstić information content (AvgIpc) is 3.33. The number of halogens is 3. The van der Waals surface area contributed by atoms with Crippen molar-refractivity contribution in [1.82, 2.24) is 4.98 Å². The molecule has 1 aliphatic carbocycles. The zero-order valence-electron chi connectivity index (χ0n) is 12.7. The van der Waals surface area contributed by atoms with Crippen LogP contribution < -0.4 is 5.73 Å². The monoisotopic (exact) mass is 350 g/mol. The molecule has 8 heteroatoms. The van der Waals surface area contributed by atoms with E-state index in [1.165, 1.54) is 42.6 Å². The van der Waals surface area contributed by atoms with Crippen LogP contribution in [0.5, 0.6) is 0 Å². The van der Waals surface area contributed by atoms with E-state index in [1.54, 1.807) is 0 Å². The van der Waals surface area contributed by atoms with Gasteiger partial charge < -0.3 is 10.8 Å². The number of primary amides is 1. The number of carbonyl (C=O) groups is 2. The number of alkyl halides is 2. The quantitative estimate of drug-likeness (QED) is 0.867. The van der Waals surface area contributed by atoms with Crippen LogP contribution in [0.25, 0.3) is 11.3 Å². The highest BCUT2D eigenvalue weighted by Gasteiger charge is 2.77. The van der Waals surface area contributed by atoms with Gasteiger partial charge in [-0.1, -0.05) is 6.07 Å². The van der Waals surface area contributed by atoms with E-state index < -0.39 is 41.4 Å². The second kappa shape index (κ2) is 5.58. The number of carboxylic acids is 1. The highest BCUT2D eigenvalue weighted by Crippen LogP contribution is 2.66. The Balaban J connectivity index is 1.90. The SMILES string of the molecule is NC(=O)C(F)(F)[C@@]1(C(=O)O)C[C@@H]1c1ccc(-c2ccc(F)cc2)nc1. The maximum absolute atomic E-state index is 14.0. The molecule has 1 amide bonds. The molecule has 2 aromatic rings. The fourth-order valence-corrected chi connectivity index (χ4v) is 3.01. The van der Waals surface area contributed by atoms with Gasteiger partial charge >= 0.3 is 11.9 Å². The summed E-state index contributed by atoms with van der Waals surface area (Å²) in [7, 11) is 0. The van der Waals surface area contributed by atoms with Crippen molar-refractivity contribution in [2.45, 2.75) is 18.3 Å². The van der Waals surface area contributed by atoms with Gasteiger partial charge in [0.2, 0.25) is 0 Å². The topological polar surface area (TPSA) is 93.3 Å². The van der Waals surface area contributed by atoms with Crippen molar-refractivity contribution in [1.29, 1.82) is 0 Å². The van der Waals surface area contributed by atoms with Crippen LogP contribution in [0.1, 0.15) is 17.9 Å². The molecular weight excluding hydrogens is 337 g/mol. The molecule has 130 valence electrons. The van der Waals surface area contributed by atoms with E-state index in [0.717, 1.165) is 0 Å². The number of pyridine rings is 1. The molecule has 0 radical (unpaired) electrons. The standard InChI is InChI=1S/C17H13F3N2O3/c18-11-4-1-9(2-5-11)13-6-3-10(8-22-13)12-7-16(12,15(24)25)17(19,20)14(21)23/h1-6,8,12H,7H2,(H2,21,23)(H,24,25)/t12-,16+/m1/s1. The molecule has 0 saturated heterocycles. The lowest BCUT2D eigenvalue weighted by molar-refractivity contribution is -0.172. The summed E-state index contributed by atoms with van der Waals surface area (Å²) >= 11 is 0. The molecule has 0 spiro atoms. The normalized spacial score (nSPS) is 22.4. The fraction of sp³-hybridized carbons (Fsp3) is 0.235. The maximum Gasteiger partial charge on any atom is 0.340 e. The van der Waals surface area contributed by atoms with Crippen LogP contribution in [0, 0.1) is 11.2 Å². The molecule has 0 bridgehead atoms. The summed E-state index contributed by atoms with van der Waals surface area (Å²) < 4.78 is 41.0. The second-order valence-electron chi connectivity index (χ2n) is 5.96. The highest BCUT2D eigenvalue weighted by molar-refractivity contribution is 5.94. The Labute approximate surface area is 140 Å². The third kappa shape index (κ3) is 2.54. The van der Waals surface area contributed by atoms with E-state index in [4.69, 9.17) is 0 Å². The number of benzene rings is 1. The van der Waals surface area contributed by atoms with Crippen molar-refractivity contribution < 1.29 is 27.9 Å². The third-order valence-corrected chi connectivity index (χ3v) is 4.54. The number of aromatic nitrogens is 1. The van der Waals surface area contributed by atoms with Gasteiger partial charge in [0.05, 0.1) is 5.69 Å². The molecule has 1 aromatic heterocycles. The Morgan fingerprint density at radius 1 is 1.20 bits per heavy atom. The molecular formula is C17H13F3N2O3. The van der Waals surface area contributed by atoms with Gasteiger partial charge in [-0.05, 0) is 42.3 Å². The first-order chi connectivity index (χ1) is 11.7. The lowest BCUT2D eigenvalue weighted by Gasteiger charge is -2.21. The average molecular weight is 350 g/mol. The molecule has 1 heterocycles. The van der Waals surface area contributed by atoms with E-state index >= 15 is 0 Å². The molecule has 5 nitrogen and oxygen atoms in total. The number of hydrogen-bond acceptors (Lipinski definition) is 3. The van der Waals surface area contributed by atoms with Crippen molar-refractivity contribution >= 4 is 11.9 Å². The number of amides is 1. The minimum absolute atomic E-state index is 0.272. The zero-order valence-corrected chi connectivity index (χ0v) is 12.7. The molecule has 1 aromatic carbocycles. The van der Waals surface area contributed by atoms with Gasteiger partial charge in [-0.3, -0.25) is 14.6 Å². The van der Waals surface area contributed by atoms with Crippen molar-refractivity contribution in [3.05, 3.63) is 54.0 Å². The minimum atomic E-state index is -4.17. The lowest BCUT2D eigenvalue weighted by Crippen LogP contribution is -2.48. The van der Waals surface area contributed by atoms with Crippen LogP contribution >= 0.6 is 0 Å². The van der Waals surface area contributed by atoms with Crippen molar-refractivity contribution in [2.75, 3.05) is 0 Å². The number of hydrogen-bond donors (Lipinski definition) is 2. The smallest absolute Gasteiger partial charge is 0.340 e. The number of nitrogens with zero attached hydrogens (tertiary/aromatic N) is 1. The van der Waals surface area contributed by atoms with Gasteiger partial charge in [-0.15, -0.1) is 0 Å². The van der Waals surface area contributed by atoms with Crippen LogP contribution in [0.4, 0.5) is 13.2 Å². The van der Waals surface area contributed by atoms with E-state index in [9.17, 15) is 27.9 Å². The van der Waals surface area contributed by atoms with Gasteiger partial charge in [0.25, 0.3) is 5.91 Å². The second-order valence-corrected chi connectivity index (χ2v) is 5.96. The first kappa shape index (κ1) is 16.9. The first-order valence-electron chi connectivity index (χ1n) is 7.33. The summed E-state index contributed by atoms with van der Waals surface area (Å²) in [6.45, 7) is 0. The molecule has 1 aliphatic rings. The van der Waals surface area contributed by atoms with E-state index in [0.29, 0.717) is 11.3 Å². The van der Waals surface area contributed by atoms with Crippen molar-refractivity contribution in [3.63, 3.8) is 0 Å². The molecule has 0 unspecified atom stereocenters. The largest absolute Gasteiger partial charge is 0.481 e. The van der Waals surface area contributed by atoms with Gasteiger partial charge in [0, 0.05) is 17.7 Å². The summed E-state index contributed by atoms with van der Waals surface area (Å²) in [4.78, 5) is 26.5. The third-order valence-electron chi connectivity index (χ3n) is 4.54. The van der Waals surface area contributed by atoms with Crippen molar-refractivity contribution in [3.8, 4) is 11.3 Å². The maximum atomic E-state index is 14.0. The lowest BCUT2D eigenvalue weighted by atomic mass is 9.92. The van der Waals surface area contributed by atoms with Gasteiger partial charge in [0.1, 0.15) is 11.2 Å². The van der Waals surface area contributed by atoms with Crippen LogP contribution in [0.3, 0.4) is 0 Å². The number of carbonyl (C=O) groups excluding carboxylic acids is 1. The molecule has 25 heavy (non-hydrogen) atoms. The Morgan fingerprint density at radius 2 is 1.84 bits per heavy atom. The van der Waals surface area contributed by atoms with Crippen LogP contribution in [-0.2, 0) is 9.59 Å². The van der Waals surface area contributed by atoms with E-state index in [2.05, 4.69) is 10.7 Å². The number of aliphatic carboxylic acids is 1. The Morgan fingerprint density at radius 3 is 2.32 bits per heavy atom. The molecule has 0 aliphatic heterocycles. The van der Waals surface area contributed by atoms with Crippen LogP contribution in [-0.4, -0.2) is 27.9 Å². The summed E-state index contributed by atoms with van der Waals surface area (Å²) in [6.07, 6.45) is 0.876. The van der Waals surface area contributed by atoms with Gasteiger partial charge in [-0.2, -0.15) is 8.78 Å².